The van der Waals surface area contributed by atoms with E-state index in [1.807, 2.05) is 11.9 Å². The van der Waals surface area contributed by atoms with Crippen molar-refractivity contribution in [3.63, 3.8) is 0 Å². The zero-order valence-corrected chi connectivity index (χ0v) is 10.0. The number of halogens is 2. The molecular formula is C13H18F2N2. The van der Waals surface area contributed by atoms with E-state index < -0.39 is 11.6 Å². The third-order valence-electron chi connectivity index (χ3n) is 3.49. The van der Waals surface area contributed by atoms with E-state index >= 15 is 0 Å². The number of rotatable bonds is 3. The second-order valence-corrected chi connectivity index (χ2v) is 4.86. The van der Waals surface area contributed by atoms with Gasteiger partial charge in [0.15, 0.2) is 11.6 Å². The SMILES string of the molecule is CN(CC1CCCC1)c1cc(F)c(F)cc1N. The van der Waals surface area contributed by atoms with Crippen LogP contribution in [0.4, 0.5) is 20.2 Å². The van der Waals surface area contributed by atoms with Crippen molar-refractivity contribution in [3.05, 3.63) is 23.8 Å². The summed E-state index contributed by atoms with van der Waals surface area (Å²) in [6.45, 7) is 0.856. The Morgan fingerprint density at radius 2 is 1.82 bits per heavy atom. The fraction of sp³-hybridized carbons (Fsp3) is 0.538. The molecule has 2 rings (SSSR count). The predicted molar refractivity (Wildman–Crippen MR) is 66.0 cm³/mol. The van der Waals surface area contributed by atoms with Crippen molar-refractivity contribution in [3.8, 4) is 0 Å². The molecule has 94 valence electrons. The Morgan fingerprint density at radius 1 is 1.24 bits per heavy atom. The summed E-state index contributed by atoms with van der Waals surface area (Å²) in [7, 11) is 1.88. The van der Waals surface area contributed by atoms with Crippen molar-refractivity contribution in [2.24, 2.45) is 5.92 Å². The lowest BCUT2D eigenvalue weighted by atomic mass is 10.1. The Bertz CT molecular complexity index is 401. The van der Waals surface area contributed by atoms with Gasteiger partial charge in [-0.2, -0.15) is 0 Å². The van der Waals surface area contributed by atoms with E-state index in [0.717, 1.165) is 12.6 Å². The van der Waals surface area contributed by atoms with E-state index in [-0.39, 0.29) is 0 Å². The summed E-state index contributed by atoms with van der Waals surface area (Å²) in [6, 6.07) is 2.23. The minimum Gasteiger partial charge on any atom is -0.397 e. The van der Waals surface area contributed by atoms with Crippen LogP contribution in [0.1, 0.15) is 25.7 Å². The highest BCUT2D eigenvalue weighted by Crippen LogP contribution is 2.30. The Kier molecular flexibility index (Phi) is 3.50. The van der Waals surface area contributed by atoms with E-state index in [4.69, 9.17) is 5.73 Å². The zero-order chi connectivity index (χ0) is 12.4. The van der Waals surface area contributed by atoms with Gasteiger partial charge < -0.3 is 10.6 Å². The van der Waals surface area contributed by atoms with Crippen LogP contribution in [0.5, 0.6) is 0 Å². The van der Waals surface area contributed by atoms with Crippen molar-refractivity contribution < 1.29 is 8.78 Å². The first kappa shape index (κ1) is 12.1. The van der Waals surface area contributed by atoms with Crippen molar-refractivity contribution in [1.29, 1.82) is 0 Å². The van der Waals surface area contributed by atoms with Gasteiger partial charge in [0.25, 0.3) is 0 Å². The molecular weight excluding hydrogens is 222 g/mol. The van der Waals surface area contributed by atoms with Crippen LogP contribution in [0.15, 0.2) is 12.1 Å². The smallest absolute Gasteiger partial charge is 0.161 e. The Balaban J connectivity index is 2.12. The maximum atomic E-state index is 13.2. The van der Waals surface area contributed by atoms with Gasteiger partial charge in [-0.15, -0.1) is 0 Å². The number of nitrogen functional groups attached to an aromatic ring is 1. The topological polar surface area (TPSA) is 29.3 Å². The molecule has 0 heterocycles. The molecule has 0 radical (unpaired) electrons. The largest absolute Gasteiger partial charge is 0.397 e. The first-order valence-electron chi connectivity index (χ1n) is 6.03. The summed E-state index contributed by atoms with van der Waals surface area (Å²) in [6.07, 6.45) is 4.97. The minimum absolute atomic E-state index is 0.296. The molecule has 4 heteroatoms. The molecule has 0 atom stereocenters. The lowest BCUT2D eigenvalue weighted by Gasteiger charge is -2.24. The van der Waals surface area contributed by atoms with Crippen LogP contribution in [0, 0.1) is 17.6 Å². The van der Waals surface area contributed by atoms with Gasteiger partial charge in [-0.05, 0) is 18.8 Å². The van der Waals surface area contributed by atoms with E-state index in [0.29, 0.717) is 17.3 Å². The van der Waals surface area contributed by atoms with Gasteiger partial charge in [-0.3, -0.25) is 0 Å². The van der Waals surface area contributed by atoms with E-state index in [9.17, 15) is 8.78 Å². The summed E-state index contributed by atoms with van der Waals surface area (Å²) < 4.78 is 26.1. The first-order chi connectivity index (χ1) is 8.08. The summed E-state index contributed by atoms with van der Waals surface area (Å²) in [5, 5.41) is 0. The Morgan fingerprint density at radius 3 is 2.47 bits per heavy atom. The summed E-state index contributed by atoms with van der Waals surface area (Å²) >= 11 is 0. The molecule has 1 aromatic carbocycles. The number of benzene rings is 1. The van der Waals surface area contributed by atoms with Gasteiger partial charge in [-0.25, -0.2) is 8.78 Å². The van der Waals surface area contributed by atoms with Crippen molar-refractivity contribution >= 4 is 11.4 Å². The fourth-order valence-corrected chi connectivity index (χ4v) is 2.56. The molecule has 1 aliphatic carbocycles. The Labute approximate surface area is 100 Å². The molecule has 2 N–H and O–H groups in total. The van der Waals surface area contributed by atoms with E-state index in [2.05, 4.69) is 0 Å². The number of nitrogens with two attached hydrogens (primary N) is 1. The molecule has 0 aliphatic heterocycles. The zero-order valence-electron chi connectivity index (χ0n) is 10.0. The number of hydrogen-bond donors (Lipinski definition) is 1. The van der Waals surface area contributed by atoms with Gasteiger partial charge in [0.05, 0.1) is 11.4 Å². The number of nitrogens with zero attached hydrogens (tertiary/aromatic N) is 1. The predicted octanol–water partition coefficient (Wildman–Crippen LogP) is 3.17. The average Bonchev–Trinajstić information content (AvgIpc) is 2.76. The molecule has 0 saturated heterocycles. The normalized spacial score (nSPS) is 16.4. The molecule has 0 bridgehead atoms. The molecule has 0 aromatic heterocycles. The molecule has 0 amide bonds. The van der Waals surface area contributed by atoms with Crippen LogP contribution < -0.4 is 10.6 Å². The van der Waals surface area contributed by atoms with Crippen LogP contribution in [0.2, 0.25) is 0 Å². The average molecular weight is 240 g/mol. The molecule has 17 heavy (non-hydrogen) atoms. The van der Waals surface area contributed by atoms with Gasteiger partial charge in [0.2, 0.25) is 0 Å². The van der Waals surface area contributed by atoms with Crippen molar-refractivity contribution in [1.82, 2.24) is 0 Å². The molecule has 1 aliphatic rings. The second kappa shape index (κ2) is 4.90. The van der Waals surface area contributed by atoms with Crippen LogP contribution in [0.3, 0.4) is 0 Å². The van der Waals surface area contributed by atoms with Gasteiger partial charge >= 0.3 is 0 Å². The fourth-order valence-electron chi connectivity index (χ4n) is 2.56. The standard InChI is InChI=1S/C13H18F2N2/c1-17(8-9-4-2-3-5-9)13-7-11(15)10(14)6-12(13)16/h6-7,9H,2-5,8,16H2,1H3. The highest BCUT2D eigenvalue weighted by molar-refractivity contribution is 5.67. The maximum absolute atomic E-state index is 13.2. The molecule has 2 nitrogen and oxygen atoms in total. The minimum atomic E-state index is -0.888. The summed E-state index contributed by atoms with van der Waals surface area (Å²) in [5.74, 6) is -1.08. The first-order valence-corrected chi connectivity index (χ1v) is 6.03. The quantitative estimate of drug-likeness (QED) is 0.822. The summed E-state index contributed by atoms with van der Waals surface area (Å²) in [5.41, 5.74) is 6.59. The molecule has 0 unspecified atom stereocenters. The number of hydrogen-bond acceptors (Lipinski definition) is 2. The lowest BCUT2D eigenvalue weighted by molar-refractivity contribution is 0.507. The Hall–Kier alpha value is -1.32. The maximum Gasteiger partial charge on any atom is 0.161 e. The van der Waals surface area contributed by atoms with Crippen molar-refractivity contribution in [2.75, 3.05) is 24.2 Å². The van der Waals surface area contributed by atoms with Gasteiger partial charge in [-0.1, -0.05) is 12.8 Å². The van der Waals surface area contributed by atoms with Gasteiger partial charge in [0.1, 0.15) is 0 Å². The van der Waals surface area contributed by atoms with Gasteiger partial charge in [0, 0.05) is 25.7 Å². The monoisotopic (exact) mass is 240 g/mol. The lowest BCUT2D eigenvalue weighted by Crippen LogP contribution is -2.25. The van der Waals surface area contributed by atoms with Crippen LogP contribution in [0.25, 0.3) is 0 Å². The summed E-state index contributed by atoms with van der Waals surface area (Å²) in [4.78, 5) is 1.92. The van der Waals surface area contributed by atoms with E-state index in [1.165, 1.54) is 31.7 Å². The van der Waals surface area contributed by atoms with Crippen LogP contribution >= 0.6 is 0 Å². The molecule has 1 fully saturated rings. The number of anilines is 2. The third-order valence-corrected chi connectivity index (χ3v) is 3.49. The highest BCUT2D eigenvalue weighted by Gasteiger charge is 2.19. The molecule has 1 saturated carbocycles. The molecule has 0 spiro atoms. The van der Waals surface area contributed by atoms with E-state index in [1.54, 1.807) is 0 Å². The van der Waals surface area contributed by atoms with Crippen molar-refractivity contribution in [2.45, 2.75) is 25.7 Å². The second-order valence-electron chi connectivity index (χ2n) is 4.86. The van der Waals surface area contributed by atoms with Crippen LogP contribution in [-0.2, 0) is 0 Å². The highest BCUT2D eigenvalue weighted by atomic mass is 19.2. The molecule has 1 aromatic rings. The van der Waals surface area contributed by atoms with Crippen LogP contribution in [-0.4, -0.2) is 13.6 Å². The third kappa shape index (κ3) is 2.68.